The molecule has 0 saturated carbocycles. The van der Waals surface area contributed by atoms with Crippen LogP contribution in [0.25, 0.3) is 5.65 Å². The standard InChI is InChI=1S/C17H20N6O/c1-22-11-12(8-20-22)17-14(5-6-16(24)21-17)18-9-13-10-19-15-4-2-3-7-23(13)15/h2-4,7-8,10-11,14,17-18H,5-6,9H2,1H3,(H,21,24)/t14-,17+/m1/s1. The number of hydrogen-bond donors (Lipinski definition) is 2. The van der Waals surface area contributed by atoms with Gasteiger partial charge >= 0.3 is 0 Å². The van der Waals surface area contributed by atoms with Crippen molar-refractivity contribution in [2.24, 2.45) is 7.05 Å². The fourth-order valence-corrected chi connectivity index (χ4v) is 3.29. The Morgan fingerprint density at radius 2 is 2.29 bits per heavy atom. The van der Waals surface area contributed by atoms with Crippen molar-refractivity contribution in [3.8, 4) is 0 Å². The molecule has 1 amide bonds. The van der Waals surface area contributed by atoms with Crippen LogP contribution in [0.1, 0.15) is 30.1 Å². The van der Waals surface area contributed by atoms with E-state index in [4.69, 9.17) is 0 Å². The summed E-state index contributed by atoms with van der Waals surface area (Å²) in [6.45, 7) is 0.697. The summed E-state index contributed by atoms with van der Waals surface area (Å²) in [7, 11) is 1.88. The molecule has 1 saturated heterocycles. The van der Waals surface area contributed by atoms with Crippen LogP contribution in [0.5, 0.6) is 0 Å². The molecule has 0 radical (unpaired) electrons. The fourth-order valence-electron chi connectivity index (χ4n) is 3.29. The van der Waals surface area contributed by atoms with Crippen LogP contribution in [0.15, 0.2) is 43.0 Å². The number of amides is 1. The zero-order valence-corrected chi connectivity index (χ0v) is 13.5. The molecule has 1 aliphatic rings. The molecule has 7 nitrogen and oxygen atoms in total. The second-order valence-corrected chi connectivity index (χ2v) is 6.20. The zero-order valence-electron chi connectivity index (χ0n) is 13.5. The van der Waals surface area contributed by atoms with Gasteiger partial charge < -0.3 is 15.0 Å². The average molecular weight is 324 g/mol. The second kappa shape index (κ2) is 6.09. The van der Waals surface area contributed by atoms with E-state index in [1.807, 2.05) is 50.0 Å². The lowest BCUT2D eigenvalue weighted by molar-refractivity contribution is -0.123. The number of fused-ring (bicyclic) bond motifs is 1. The molecule has 2 atom stereocenters. The number of rotatable bonds is 4. The van der Waals surface area contributed by atoms with Crippen LogP contribution in [0.4, 0.5) is 0 Å². The minimum Gasteiger partial charge on any atom is -0.348 e. The van der Waals surface area contributed by atoms with Crippen LogP contribution in [0.3, 0.4) is 0 Å². The van der Waals surface area contributed by atoms with E-state index in [0.717, 1.165) is 23.3 Å². The monoisotopic (exact) mass is 324 g/mol. The number of carbonyl (C=O) groups excluding carboxylic acids is 1. The Labute approximate surface area is 139 Å². The Morgan fingerprint density at radius 3 is 3.12 bits per heavy atom. The number of nitrogens with zero attached hydrogens (tertiary/aromatic N) is 4. The van der Waals surface area contributed by atoms with Crippen LogP contribution in [-0.2, 0) is 18.4 Å². The summed E-state index contributed by atoms with van der Waals surface area (Å²) in [6.07, 6.45) is 9.03. The van der Waals surface area contributed by atoms with E-state index >= 15 is 0 Å². The van der Waals surface area contributed by atoms with Crippen molar-refractivity contribution in [3.63, 3.8) is 0 Å². The van der Waals surface area contributed by atoms with Gasteiger partial charge in [-0.3, -0.25) is 9.48 Å². The molecule has 124 valence electrons. The smallest absolute Gasteiger partial charge is 0.220 e. The van der Waals surface area contributed by atoms with E-state index in [-0.39, 0.29) is 18.0 Å². The largest absolute Gasteiger partial charge is 0.348 e. The summed E-state index contributed by atoms with van der Waals surface area (Å²) >= 11 is 0. The predicted octanol–water partition coefficient (Wildman–Crippen LogP) is 1.18. The van der Waals surface area contributed by atoms with Gasteiger partial charge in [0.15, 0.2) is 0 Å². The molecular formula is C17H20N6O. The molecule has 3 aromatic rings. The second-order valence-electron chi connectivity index (χ2n) is 6.20. The van der Waals surface area contributed by atoms with E-state index in [1.165, 1.54) is 0 Å². The molecule has 4 heterocycles. The van der Waals surface area contributed by atoms with Crippen molar-refractivity contribution in [2.45, 2.75) is 31.5 Å². The van der Waals surface area contributed by atoms with Crippen molar-refractivity contribution >= 4 is 11.6 Å². The molecule has 0 bridgehead atoms. The SMILES string of the molecule is Cn1cc([C@@H]2NC(=O)CC[C@H]2NCc2cnc3ccccn23)cn1. The normalized spacial score (nSPS) is 21.1. The highest BCUT2D eigenvalue weighted by atomic mass is 16.1. The van der Waals surface area contributed by atoms with Crippen LogP contribution >= 0.6 is 0 Å². The molecule has 2 N–H and O–H groups in total. The molecular weight excluding hydrogens is 304 g/mol. The quantitative estimate of drug-likeness (QED) is 0.755. The van der Waals surface area contributed by atoms with Crippen molar-refractivity contribution in [2.75, 3.05) is 0 Å². The average Bonchev–Trinajstić information content (AvgIpc) is 3.20. The number of hydrogen-bond acceptors (Lipinski definition) is 4. The first-order valence-corrected chi connectivity index (χ1v) is 8.13. The van der Waals surface area contributed by atoms with Crippen LogP contribution in [0.2, 0.25) is 0 Å². The van der Waals surface area contributed by atoms with Gasteiger partial charge in [-0.1, -0.05) is 6.07 Å². The van der Waals surface area contributed by atoms with Gasteiger partial charge in [-0.2, -0.15) is 5.10 Å². The van der Waals surface area contributed by atoms with E-state index in [0.29, 0.717) is 13.0 Å². The predicted molar refractivity (Wildman–Crippen MR) is 89.1 cm³/mol. The minimum absolute atomic E-state index is 0.0564. The van der Waals surface area contributed by atoms with Gasteiger partial charge in [0.25, 0.3) is 0 Å². The summed E-state index contributed by atoms with van der Waals surface area (Å²) < 4.78 is 3.84. The number of aromatic nitrogens is 4. The number of pyridine rings is 1. The maximum Gasteiger partial charge on any atom is 0.220 e. The first-order chi connectivity index (χ1) is 11.7. The lowest BCUT2D eigenvalue weighted by Gasteiger charge is -2.32. The molecule has 24 heavy (non-hydrogen) atoms. The van der Waals surface area contributed by atoms with Crippen molar-refractivity contribution in [1.82, 2.24) is 29.8 Å². The van der Waals surface area contributed by atoms with Gasteiger partial charge in [-0.25, -0.2) is 4.98 Å². The third-order valence-electron chi connectivity index (χ3n) is 4.52. The maximum absolute atomic E-state index is 11.8. The third kappa shape index (κ3) is 2.78. The highest BCUT2D eigenvalue weighted by Gasteiger charge is 2.30. The number of nitrogens with one attached hydrogen (secondary N) is 2. The minimum atomic E-state index is -0.0564. The third-order valence-corrected chi connectivity index (χ3v) is 4.52. The van der Waals surface area contributed by atoms with E-state index in [1.54, 1.807) is 4.68 Å². The topological polar surface area (TPSA) is 76.2 Å². The highest BCUT2D eigenvalue weighted by Crippen LogP contribution is 2.24. The van der Waals surface area contributed by atoms with Gasteiger partial charge in [0.05, 0.1) is 24.1 Å². The Balaban J connectivity index is 1.52. The van der Waals surface area contributed by atoms with Crippen molar-refractivity contribution in [3.05, 3.63) is 54.2 Å². The summed E-state index contributed by atoms with van der Waals surface area (Å²) in [6, 6.07) is 6.08. The van der Waals surface area contributed by atoms with Gasteiger partial charge in [0, 0.05) is 44.0 Å². The van der Waals surface area contributed by atoms with Crippen LogP contribution in [-0.4, -0.2) is 31.1 Å². The summed E-state index contributed by atoms with van der Waals surface area (Å²) in [5, 5.41) is 10.9. The summed E-state index contributed by atoms with van der Waals surface area (Å²) in [4.78, 5) is 16.2. The van der Waals surface area contributed by atoms with Gasteiger partial charge in [0.2, 0.25) is 5.91 Å². The van der Waals surface area contributed by atoms with Gasteiger partial charge in [-0.15, -0.1) is 0 Å². The fraction of sp³-hybridized carbons (Fsp3) is 0.353. The Morgan fingerprint density at radius 1 is 1.38 bits per heavy atom. The maximum atomic E-state index is 11.8. The Hall–Kier alpha value is -2.67. The summed E-state index contributed by atoms with van der Waals surface area (Å²) in [5.41, 5.74) is 3.07. The van der Waals surface area contributed by atoms with Crippen molar-refractivity contribution < 1.29 is 4.79 Å². The molecule has 3 aromatic heterocycles. The van der Waals surface area contributed by atoms with E-state index in [9.17, 15) is 4.79 Å². The number of piperidine rings is 1. The van der Waals surface area contributed by atoms with E-state index < -0.39 is 0 Å². The Bertz CT molecular complexity index is 867. The Kier molecular flexibility index (Phi) is 3.78. The molecule has 7 heteroatoms. The lowest BCUT2D eigenvalue weighted by atomic mass is 9.93. The lowest BCUT2D eigenvalue weighted by Crippen LogP contribution is -2.48. The number of carbonyl (C=O) groups is 1. The van der Waals surface area contributed by atoms with Crippen LogP contribution < -0.4 is 10.6 Å². The molecule has 0 aromatic carbocycles. The van der Waals surface area contributed by atoms with Gasteiger partial charge in [-0.05, 0) is 18.6 Å². The van der Waals surface area contributed by atoms with Crippen LogP contribution in [0, 0.1) is 0 Å². The van der Waals surface area contributed by atoms with Gasteiger partial charge in [0.1, 0.15) is 5.65 Å². The molecule has 4 rings (SSSR count). The number of aryl methyl sites for hydroxylation is 1. The van der Waals surface area contributed by atoms with Crippen molar-refractivity contribution in [1.29, 1.82) is 0 Å². The first kappa shape index (κ1) is 14.9. The highest BCUT2D eigenvalue weighted by molar-refractivity contribution is 5.77. The molecule has 0 unspecified atom stereocenters. The molecule has 0 aliphatic carbocycles. The molecule has 1 aliphatic heterocycles. The van der Waals surface area contributed by atoms with E-state index in [2.05, 4.69) is 25.1 Å². The number of imidazole rings is 1. The molecule has 1 fully saturated rings. The first-order valence-electron chi connectivity index (χ1n) is 8.13. The summed E-state index contributed by atoms with van der Waals surface area (Å²) in [5.74, 6) is 0.0942. The zero-order chi connectivity index (χ0) is 16.5. The molecule has 0 spiro atoms.